The van der Waals surface area contributed by atoms with Crippen LogP contribution in [0.1, 0.15) is 18.1 Å². The van der Waals surface area contributed by atoms with Crippen LogP contribution in [0.2, 0.25) is 0 Å². The summed E-state index contributed by atoms with van der Waals surface area (Å²) in [5.41, 5.74) is 4.34. The summed E-state index contributed by atoms with van der Waals surface area (Å²) in [4.78, 5) is 26.1. The molecule has 144 valence electrons. The van der Waals surface area contributed by atoms with Crippen molar-refractivity contribution in [3.63, 3.8) is 0 Å². The summed E-state index contributed by atoms with van der Waals surface area (Å²) in [5, 5.41) is 5.48. The van der Waals surface area contributed by atoms with E-state index < -0.39 is 0 Å². The van der Waals surface area contributed by atoms with Gasteiger partial charge in [-0.3, -0.25) is 19.8 Å². The van der Waals surface area contributed by atoms with Crippen molar-refractivity contribution in [3.05, 3.63) is 111 Å². The molecule has 3 aromatic carbocycles. The second kappa shape index (κ2) is 7.64. The second-order valence-electron chi connectivity index (χ2n) is 6.77. The standard InChI is InChI=1S/C24H21N3O2/c1-3-27(20-13-14-21-22(15-20)24(29)26-25-23(21)28)19-11-9-18(10-12-19)16(2)17-7-5-4-6-8-17/h4-15H,2-3H2,1H3,(H,25,28)(H,26,29). The molecule has 0 aliphatic heterocycles. The molecule has 0 aliphatic rings. The lowest BCUT2D eigenvalue weighted by molar-refractivity contribution is 0.974. The summed E-state index contributed by atoms with van der Waals surface area (Å²) in [6.45, 7) is 6.97. The van der Waals surface area contributed by atoms with Gasteiger partial charge < -0.3 is 4.90 Å². The number of nitrogens with zero attached hydrogens (tertiary/aromatic N) is 1. The minimum absolute atomic E-state index is 0.307. The maximum absolute atomic E-state index is 12.1. The maximum Gasteiger partial charge on any atom is 0.270 e. The third kappa shape index (κ3) is 3.50. The molecule has 0 atom stereocenters. The summed E-state index contributed by atoms with van der Waals surface area (Å²) in [6.07, 6.45) is 0. The molecule has 1 heterocycles. The number of benzene rings is 3. The molecule has 2 N–H and O–H groups in total. The Labute approximate surface area is 167 Å². The minimum atomic E-state index is -0.313. The molecule has 4 rings (SSSR count). The van der Waals surface area contributed by atoms with Crippen molar-refractivity contribution in [1.82, 2.24) is 10.2 Å². The van der Waals surface area contributed by atoms with Gasteiger partial charge in [-0.25, -0.2) is 0 Å². The van der Waals surface area contributed by atoms with E-state index in [9.17, 15) is 9.59 Å². The summed E-state index contributed by atoms with van der Waals surface area (Å²) >= 11 is 0. The van der Waals surface area contributed by atoms with E-state index in [1.807, 2.05) is 67.6 Å². The zero-order valence-electron chi connectivity index (χ0n) is 16.1. The highest BCUT2D eigenvalue weighted by atomic mass is 16.1. The SMILES string of the molecule is C=C(c1ccccc1)c1ccc(N(CC)c2ccc3c(=O)[nH][nH]c(=O)c3c2)cc1. The normalized spacial score (nSPS) is 10.8. The fourth-order valence-corrected chi connectivity index (χ4v) is 3.50. The van der Waals surface area contributed by atoms with Gasteiger partial charge in [0.05, 0.1) is 10.8 Å². The fraction of sp³-hybridized carbons (Fsp3) is 0.0833. The first-order valence-corrected chi connectivity index (χ1v) is 9.45. The molecular weight excluding hydrogens is 362 g/mol. The third-order valence-electron chi connectivity index (χ3n) is 5.06. The molecule has 0 saturated carbocycles. The average Bonchev–Trinajstić information content (AvgIpc) is 2.77. The smallest absolute Gasteiger partial charge is 0.270 e. The van der Waals surface area contributed by atoms with E-state index in [0.29, 0.717) is 17.3 Å². The zero-order valence-corrected chi connectivity index (χ0v) is 16.1. The fourth-order valence-electron chi connectivity index (χ4n) is 3.50. The van der Waals surface area contributed by atoms with Crippen molar-refractivity contribution < 1.29 is 0 Å². The lowest BCUT2D eigenvalue weighted by atomic mass is 9.99. The third-order valence-corrected chi connectivity index (χ3v) is 5.06. The molecule has 0 aliphatic carbocycles. The van der Waals surface area contributed by atoms with Crippen molar-refractivity contribution in [2.75, 3.05) is 11.4 Å². The Morgan fingerprint density at radius 3 is 2.03 bits per heavy atom. The van der Waals surface area contributed by atoms with E-state index in [0.717, 1.165) is 28.1 Å². The van der Waals surface area contributed by atoms with Crippen LogP contribution >= 0.6 is 0 Å². The van der Waals surface area contributed by atoms with E-state index in [-0.39, 0.29) is 11.1 Å². The number of hydrogen-bond acceptors (Lipinski definition) is 3. The Morgan fingerprint density at radius 1 is 0.793 bits per heavy atom. The lowest BCUT2D eigenvalue weighted by Gasteiger charge is -2.24. The Hall–Kier alpha value is -3.86. The Bertz CT molecular complexity index is 1290. The van der Waals surface area contributed by atoms with Gasteiger partial charge in [-0.2, -0.15) is 0 Å². The number of aromatic nitrogens is 2. The Kier molecular flexibility index (Phi) is 4.87. The van der Waals surface area contributed by atoms with Crippen molar-refractivity contribution in [2.24, 2.45) is 0 Å². The molecule has 0 bridgehead atoms. The molecule has 0 fully saturated rings. The van der Waals surface area contributed by atoms with Crippen LogP contribution in [0.4, 0.5) is 11.4 Å². The quantitative estimate of drug-likeness (QED) is 0.535. The molecule has 0 radical (unpaired) electrons. The Balaban J connectivity index is 1.69. The highest BCUT2D eigenvalue weighted by Crippen LogP contribution is 2.29. The molecule has 1 aromatic heterocycles. The number of H-pyrrole nitrogens is 2. The van der Waals surface area contributed by atoms with Gasteiger partial charge in [-0.1, -0.05) is 49.0 Å². The number of fused-ring (bicyclic) bond motifs is 1. The van der Waals surface area contributed by atoms with Crippen molar-refractivity contribution >= 4 is 27.7 Å². The van der Waals surface area contributed by atoms with E-state index in [1.165, 1.54) is 0 Å². The van der Waals surface area contributed by atoms with Crippen LogP contribution < -0.4 is 16.0 Å². The van der Waals surface area contributed by atoms with Crippen LogP contribution in [0.25, 0.3) is 16.3 Å². The number of nitrogens with one attached hydrogen (secondary N) is 2. The first kappa shape index (κ1) is 18.5. The van der Waals surface area contributed by atoms with Crippen molar-refractivity contribution in [3.8, 4) is 0 Å². The van der Waals surface area contributed by atoms with Gasteiger partial charge in [0, 0.05) is 17.9 Å². The van der Waals surface area contributed by atoms with Crippen LogP contribution in [-0.4, -0.2) is 16.7 Å². The van der Waals surface area contributed by atoms with E-state index in [2.05, 4.69) is 21.7 Å². The minimum Gasteiger partial charge on any atom is -0.342 e. The van der Waals surface area contributed by atoms with Crippen LogP contribution in [0.5, 0.6) is 0 Å². The molecule has 29 heavy (non-hydrogen) atoms. The number of hydrogen-bond donors (Lipinski definition) is 2. The van der Waals surface area contributed by atoms with Crippen LogP contribution in [0, 0.1) is 0 Å². The van der Waals surface area contributed by atoms with Gasteiger partial charge in [-0.15, -0.1) is 0 Å². The average molecular weight is 383 g/mol. The van der Waals surface area contributed by atoms with E-state index >= 15 is 0 Å². The number of anilines is 2. The van der Waals surface area contributed by atoms with Gasteiger partial charge >= 0.3 is 0 Å². The summed E-state index contributed by atoms with van der Waals surface area (Å²) in [6, 6.07) is 23.6. The monoisotopic (exact) mass is 383 g/mol. The summed E-state index contributed by atoms with van der Waals surface area (Å²) in [5.74, 6) is 0. The van der Waals surface area contributed by atoms with Crippen LogP contribution in [0.3, 0.4) is 0 Å². The first-order valence-electron chi connectivity index (χ1n) is 9.45. The molecule has 4 aromatic rings. The lowest BCUT2D eigenvalue weighted by Crippen LogP contribution is -2.20. The van der Waals surface area contributed by atoms with Gasteiger partial charge in [0.2, 0.25) is 0 Å². The zero-order chi connectivity index (χ0) is 20.4. The van der Waals surface area contributed by atoms with Gasteiger partial charge in [0.1, 0.15) is 0 Å². The largest absolute Gasteiger partial charge is 0.342 e. The molecule has 0 spiro atoms. The van der Waals surface area contributed by atoms with Gasteiger partial charge in [-0.05, 0) is 54.0 Å². The molecular formula is C24H21N3O2. The van der Waals surface area contributed by atoms with Crippen LogP contribution in [-0.2, 0) is 0 Å². The first-order chi connectivity index (χ1) is 14.1. The van der Waals surface area contributed by atoms with E-state index in [4.69, 9.17) is 0 Å². The molecule has 5 nitrogen and oxygen atoms in total. The topological polar surface area (TPSA) is 69.0 Å². The van der Waals surface area contributed by atoms with Gasteiger partial charge in [0.15, 0.2) is 0 Å². The molecule has 0 unspecified atom stereocenters. The predicted octanol–water partition coefficient (Wildman–Crippen LogP) is 4.44. The highest BCUT2D eigenvalue weighted by molar-refractivity contribution is 5.85. The number of rotatable bonds is 5. The maximum atomic E-state index is 12.1. The van der Waals surface area contributed by atoms with Gasteiger partial charge in [0.25, 0.3) is 11.1 Å². The van der Waals surface area contributed by atoms with Crippen molar-refractivity contribution in [2.45, 2.75) is 6.92 Å². The molecule has 0 amide bonds. The molecule has 0 saturated heterocycles. The van der Waals surface area contributed by atoms with E-state index in [1.54, 1.807) is 12.1 Å². The second-order valence-corrected chi connectivity index (χ2v) is 6.77. The Morgan fingerprint density at radius 2 is 1.38 bits per heavy atom. The van der Waals surface area contributed by atoms with Crippen molar-refractivity contribution in [1.29, 1.82) is 0 Å². The summed E-state index contributed by atoms with van der Waals surface area (Å²) < 4.78 is 0. The highest BCUT2D eigenvalue weighted by Gasteiger charge is 2.11. The molecule has 5 heteroatoms. The van der Waals surface area contributed by atoms with Crippen LogP contribution in [0.15, 0.2) is 89.0 Å². The number of aromatic amines is 2. The summed E-state index contributed by atoms with van der Waals surface area (Å²) in [7, 11) is 0. The predicted molar refractivity (Wildman–Crippen MR) is 119 cm³/mol.